The highest BCUT2D eigenvalue weighted by Crippen LogP contribution is 2.20. The average molecular weight is 294 g/mol. The molecule has 2 rings (SSSR count). The van der Waals surface area contributed by atoms with E-state index in [0.717, 1.165) is 0 Å². The monoisotopic (exact) mass is 293 g/mol. The minimum atomic E-state index is -0.485. The summed E-state index contributed by atoms with van der Waals surface area (Å²) < 4.78 is 7.00. The number of aromatic nitrogens is 2. The van der Waals surface area contributed by atoms with E-state index in [1.807, 2.05) is 6.07 Å². The normalized spacial score (nSPS) is 10.2. The maximum absolute atomic E-state index is 11.6. The standard InChI is InChI=1S/C11H8BrN3O2/c1-2-17-11(16)9-10(12)15-6-7(5-13)3-4-8(15)14-9/h3-4,6H,2H2,1H3. The Morgan fingerprint density at radius 3 is 3.06 bits per heavy atom. The van der Waals surface area contributed by atoms with Crippen LogP contribution in [0.25, 0.3) is 5.65 Å². The zero-order valence-corrected chi connectivity index (χ0v) is 10.6. The molecule has 0 fully saturated rings. The van der Waals surface area contributed by atoms with Crippen molar-refractivity contribution in [2.45, 2.75) is 6.92 Å². The van der Waals surface area contributed by atoms with Gasteiger partial charge in [0.1, 0.15) is 16.3 Å². The number of fused-ring (bicyclic) bond motifs is 1. The molecule has 0 aliphatic rings. The van der Waals surface area contributed by atoms with Gasteiger partial charge >= 0.3 is 5.97 Å². The van der Waals surface area contributed by atoms with E-state index < -0.39 is 5.97 Å². The Hall–Kier alpha value is -1.87. The molecule has 86 valence electrons. The SMILES string of the molecule is CCOC(=O)c1nc2ccc(C#N)cn2c1Br. The quantitative estimate of drug-likeness (QED) is 0.796. The Balaban J connectivity index is 2.57. The van der Waals surface area contributed by atoms with E-state index in [0.29, 0.717) is 22.4 Å². The van der Waals surface area contributed by atoms with Crippen molar-refractivity contribution >= 4 is 27.5 Å². The summed E-state index contributed by atoms with van der Waals surface area (Å²) in [5.74, 6) is -0.485. The van der Waals surface area contributed by atoms with Crippen LogP contribution >= 0.6 is 15.9 Å². The number of carbonyl (C=O) groups is 1. The van der Waals surface area contributed by atoms with Crippen LogP contribution in [0.3, 0.4) is 0 Å². The number of rotatable bonds is 2. The van der Waals surface area contributed by atoms with Gasteiger partial charge in [-0.25, -0.2) is 9.78 Å². The first-order valence-electron chi connectivity index (χ1n) is 4.92. The molecule has 17 heavy (non-hydrogen) atoms. The number of ether oxygens (including phenoxy) is 1. The smallest absolute Gasteiger partial charge is 0.359 e. The summed E-state index contributed by atoms with van der Waals surface area (Å²) in [6.07, 6.45) is 1.61. The van der Waals surface area contributed by atoms with Crippen LogP contribution in [0.4, 0.5) is 0 Å². The lowest BCUT2D eigenvalue weighted by atomic mass is 10.3. The van der Waals surface area contributed by atoms with Crippen molar-refractivity contribution < 1.29 is 9.53 Å². The first kappa shape index (κ1) is 11.6. The fourth-order valence-electron chi connectivity index (χ4n) is 1.41. The van der Waals surface area contributed by atoms with Gasteiger partial charge in [0.05, 0.1) is 12.2 Å². The Labute approximate surface area is 106 Å². The number of nitriles is 1. The van der Waals surface area contributed by atoms with Gasteiger partial charge < -0.3 is 4.74 Å². The van der Waals surface area contributed by atoms with Gasteiger partial charge in [-0.15, -0.1) is 0 Å². The molecule has 0 bridgehead atoms. The van der Waals surface area contributed by atoms with Crippen molar-refractivity contribution in [1.82, 2.24) is 9.38 Å². The number of imidazole rings is 1. The van der Waals surface area contributed by atoms with E-state index in [1.54, 1.807) is 29.7 Å². The number of hydrogen-bond donors (Lipinski definition) is 0. The summed E-state index contributed by atoms with van der Waals surface area (Å²) in [7, 11) is 0. The molecule has 0 saturated carbocycles. The summed E-state index contributed by atoms with van der Waals surface area (Å²) in [6, 6.07) is 5.34. The molecule has 0 aliphatic heterocycles. The molecule has 0 spiro atoms. The van der Waals surface area contributed by atoms with Gasteiger partial charge in [0.15, 0.2) is 5.69 Å². The predicted octanol–water partition coefficient (Wildman–Crippen LogP) is 2.15. The van der Waals surface area contributed by atoms with Crippen LogP contribution in [-0.2, 0) is 4.74 Å². The highest BCUT2D eigenvalue weighted by Gasteiger charge is 2.18. The Kier molecular flexibility index (Phi) is 3.11. The van der Waals surface area contributed by atoms with Gasteiger partial charge in [0, 0.05) is 6.20 Å². The van der Waals surface area contributed by atoms with Gasteiger partial charge in [-0.05, 0) is 35.0 Å². The molecule has 0 radical (unpaired) electrons. The molecule has 0 saturated heterocycles. The number of hydrogen-bond acceptors (Lipinski definition) is 4. The highest BCUT2D eigenvalue weighted by molar-refractivity contribution is 9.10. The second-order valence-electron chi connectivity index (χ2n) is 3.23. The second-order valence-corrected chi connectivity index (χ2v) is 3.98. The maximum atomic E-state index is 11.6. The molecule has 0 atom stereocenters. The maximum Gasteiger partial charge on any atom is 0.359 e. The third-order valence-corrected chi connectivity index (χ3v) is 2.92. The predicted molar refractivity (Wildman–Crippen MR) is 63.6 cm³/mol. The minimum absolute atomic E-state index is 0.210. The molecule has 2 aromatic rings. The van der Waals surface area contributed by atoms with E-state index >= 15 is 0 Å². The van der Waals surface area contributed by atoms with E-state index in [-0.39, 0.29) is 5.69 Å². The lowest BCUT2D eigenvalue weighted by molar-refractivity contribution is 0.0519. The van der Waals surface area contributed by atoms with Crippen LogP contribution in [0, 0.1) is 11.3 Å². The van der Waals surface area contributed by atoms with Gasteiger partial charge in [-0.1, -0.05) is 0 Å². The van der Waals surface area contributed by atoms with Gasteiger partial charge in [0.25, 0.3) is 0 Å². The first-order valence-corrected chi connectivity index (χ1v) is 5.71. The van der Waals surface area contributed by atoms with Gasteiger partial charge in [-0.3, -0.25) is 4.40 Å². The first-order chi connectivity index (χ1) is 8.17. The summed E-state index contributed by atoms with van der Waals surface area (Å²) in [5.41, 5.74) is 1.28. The minimum Gasteiger partial charge on any atom is -0.461 e. The molecule has 2 aromatic heterocycles. The van der Waals surface area contributed by atoms with Crippen molar-refractivity contribution in [1.29, 1.82) is 5.26 Å². The number of esters is 1. The van der Waals surface area contributed by atoms with E-state index in [9.17, 15) is 4.79 Å². The van der Waals surface area contributed by atoms with Crippen molar-refractivity contribution in [2.24, 2.45) is 0 Å². The second kappa shape index (κ2) is 4.55. The van der Waals surface area contributed by atoms with E-state index in [4.69, 9.17) is 10.00 Å². The van der Waals surface area contributed by atoms with Crippen molar-refractivity contribution in [3.63, 3.8) is 0 Å². The lowest BCUT2D eigenvalue weighted by Crippen LogP contribution is -2.05. The molecular formula is C11H8BrN3O2. The zero-order valence-electron chi connectivity index (χ0n) is 8.98. The van der Waals surface area contributed by atoms with Crippen LogP contribution in [0.2, 0.25) is 0 Å². The third-order valence-electron chi connectivity index (χ3n) is 2.16. The third kappa shape index (κ3) is 2.01. The van der Waals surface area contributed by atoms with Crippen LogP contribution in [0.15, 0.2) is 22.9 Å². The van der Waals surface area contributed by atoms with Crippen LogP contribution < -0.4 is 0 Å². The highest BCUT2D eigenvalue weighted by atomic mass is 79.9. The number of carbonyl (C=O) groups excluding carboxylic acids is 1. The molecule has 2 heterocycles. The fourth-order valence-corrected chi connectivity index (χ4v) is 1.95. The topological polar surface area (TPSA) is 67.4 Å². The van der Waals surface area contributed by atoms with Gasteiger partial charge in [0.2, 0.25) is 0 Å². The largest absolute Gasteiger partial charge is 0.461 e. The van der Waals surface area contributed by atoms with Crippen LogP contribution in [0.5, 0.6) is 0 Å². The number of pyridine rings is 1. The zero-order chi connectivity index (χ0) is 12.4. The molecule has 0 amide bonds. The van der Waals surface area contributed by atoms with Crippen molar-refractivity contribution in [2.75, 3.05) is 6.61 Å². The molecule has 0 N–H and O–H groups in total. The van der Waals surface area contributed by atoms with Gasteiger partial charge in [-0.2, -0.15) is 5.26 Å². The Bertz CT molecular complexity index is 627. The lowest BCUT2D eigenvalue weighted by Gasteiger charge is -1.98. The Morgan fingerprint density at radius 1 is 1.65 bits per heavy atom. The average Bonchev–Trinajstić information content (AvgIpc) is 2.67. The molecular weight excluding hydrogens is 286 g/mol. The summed E-state index contributed by atoms with van der Waals surface area (Å²) >= 11 is 3.28. The molecule has 0 aromatic carbocycles. The van der Waals surface area contributed by atoms with Crippen molar-refractivity contribution in [3.05, 3.63) is 34.2 Å². The number of halogens is 1. The Morgan fingerprint density at radius 2 is 2.41 bits per heavy atom. The molecule has 6 heteroatoms. The summed E-state index contributed by atoms with van der Waals surface area (Å²) in [5, 5.41) is 8.80. The molecule has 0 aliphatic carbocycles. The summed E-state index contributed by atoms with van der Waals surface area (Å²) in [4.78, 5) is 15.7. The van der Waals surface area contributed by atoms with E-state index in [1.165, 1.54) is 0 Å². The molecule has 5 nitrogen and oxygen atoms in total. The van der Waals surface area contributed by atoms with E-state index in [2.05, 4.69) is 20.9 Å². The number of nitrogens with zero attached hydrogens (tertiary/aromatic N) is 3. The van der Waals surface area contributed by atoms with Crippen molar-refractivity contribution in [3.8, 4) is 6.07 Å². The van der Waals surface area contributed by atoms with Crippen LogP contribution in [-0.4, -0.2) is 22.0 Å². The molecule has 0 unspecified atom stereocenters. The fraction of sp³-hybridized carbons (Fsp3) is 0.182. The van der Waals surface area contributed by atoms with Crippen LogP contribution in [0.1, 0.15) is 23.0 Å². The summed E-state index contributed by atoms with van der Waals surface area (Å²) in [6.45, 7) is 2.03.